The van der Waals surface area contributed by atoms with Crippen LogP contribution in [0.15, 0.2) is 91.0 Å². The Balaban J connectivity index is 1.56. The normalized spacial score (nSPS) is 12.2. The first-order chi connectivity index (χ1) is 16.8. The zero-order valence-electron chi connectivity index (χ0n) is 20.9. The lowest BCUT2D eigenvalue weighted by molar-refractivity contribution is 0.0502. The maximum atomic E-state index is 12.3. The monoisotopic (exact) mass is 467 g/mol. The van der Waals surface area contributed by atoms with Crippen LogP contribution in [0.5, 0.6) is 5.75 Å². The summed E-state index contributed by atoms with van der Waals surface area (Å²) < 4.78 is 11.6. The molecule has 4 heteroatoms. The molecule has 4 aromatic carbocycles. The lowest BCUT2D eigenvalue weighted by Crippen LogP contribution is -2.34. The van der Waals surface area contributed by atoms with Gasteiger partial charge in [0.05, 0.1) is 6.04 Å². The van der Waals surface area contributed by atoms with Crippen LogP contribution in [0.3, 0.4) is 0 Å². The quantitative estimate of drug-likeness (QED) is 0.299. The Morgan fingerprint density at radius 2 is 1.49 bits per heavy atom. The van der Waals surface area contributed by atoms with E-state index in [2.05, 4.69) is 72.9 Å². The maximum Gasteiger partial charge on any atom is 0.408 e. The van der Waals surface area contributed by atoms with Crippen LogP contribution in [0.25, 0.3) is 21.9 Å². The van der Waals surface area contributed by atoms with Gasteiger partial charge in [-0.15, -0.1) is 0 Å². The summed E-state index contributed by atoms with van der Waals surface area (Å²) in [7, 11) is 0. The van der Waals surface area contributed by atoms with Crippen molar-refractivity contribution >= 4 is 16.9 Å². The number of rotatable bonds is 7. The average Bonchev–Trinajstić information content (AvgIpc) is 2.85. The van der Waals surface area contributed by atoms with Crippen molar-refractivity contribution in [3.05, 3.63) is 102 Å². The highest BCUT2D eigenvalue weighted by Crippen LogP contribution is 2.35. The molecule has 1 atom stereocenters. The van der Waals surface area contributed by atoms with Gasteiger partial charge in [-0.2, -0.15) is 0 Å². The zero-order chi connectivity index (χ0) is 24.8. The fourth-order valence-corrected chi connectivity index (χ4v) is 4.15. The Bertz CT molecular complexity index is 1270. The van der Waals surface area contributed by atoms with Gasteiger partial charge >= 0.3 is 6.09 Å². The zero-order valence-corrected chi connectivity index (χ0v) is 20.9. The standard InChI is InChI=1S/C31H33NO3/c1-5-28(32-30(33)35-31(2,3)4)24-17-15-23(16-18-24)25-19-20-29(27-14-10-9-13-26(25)27)34-21-22-11-7-6-8-12-22/h6-20,28H,5,21H2,1-4H3,(H,32,33). The summed E-state index contributed by atoms with van der Waals surface area (Å²) in [5, 5.41) is 5.22. The molecule has 180 valence electrons. The highest BCUT2D eigenvalue weighted by Gasteiger charge is 2.20. The van der Waals surface area contributed by atoms with Crippen molar-refractivity contribution in [1.29, 1.82) is 0 Å². The molecule has 1 unspecified atom stereocenters. The minimum absolute atomic E-state index is 0.107. The first kappa shape index (κ1) is 24.3. The minimum atomic E-state index is -0.524. The lowest BCUT2D eigenvalue weighted by Gasteiger charge is -2.23. The van der Waals surface area contributed by atoms with E-state index in [1.807, 2.05) is 51.1 Å². The molecular formula is C31H33NO3. The summed E-state index contributed by atoms with van der Waals surface area (Å²) in [6.45, 7) is 8.18. The molecule has 35 heavy (non-hydrogen) atoms. The molecule has 0 aliphatic carbocycles. The number of carbonyl (C=O) groups excluding carboxylic acids is 1. The van der Waals surface area contributed by atoms with Crippen molar-refractivity contribution in [2.75, 3.05) is 0 Å². The number of hydrogen-bond acceptors (Lipinski definition) is 3. The van der Waals surface area contributed by atoms with E-state index in [9.17, 15) is 4.79 Å². The summed E-state index contributed by atoms with van der Waals surface area (Å²) in [6.07, 6.45) is 0.375. The first-order valence-corrected chi connectivity index (χ1v) is 12.1. The Morgan fingerprint density at radius 3 is 2.14 bits per heavy atom. The first-order valence-electron chi connectivity index (χ1n) is 12.1. The van der Waals surface area contributed by atoms with Crippen molar-refractivity contribution in [3.8, 4) is 16.9 Å². The molecule has 0 aliphatic heterocycles. The van der Waals surface area contributed by atoms with E-state index in [1.54, 1.807) is 0 Å². The fraction of sp³-hybridized carbons (Fsp3) is 0.258. The van der Waals surface area contributed by atoms with Crippen molar-refractivity contribution in [1.82, 2.24) is 5.32 Å². The summed E-state index contributed by atoms with van der Waals surface area (Å²) in [6, 6.07) is 31.0. The molecule has 0 bridgehead atoms. The molecule has 4 rings (SSSR count). The smallest absolute Gasteiger partial charge is 0.408 e. The summed E-state index contributed by atoms with van der Waals surface area (Å²) in [5.74, 6) is 0.873. The average molecular weight is 468 g/mol. The van der Waals surface area contributed by atoms with E-state index in [1.165, 1.54) is 0 Å². The van der Waals surface area contributed by atoms with Gasteiger partial charge in [0.25, 0.3) is 0 Å². The van der Waals surface area contributed by atoms with Gasteiger partial charge in [0.15, 0.2) is 0 Å². The number of carbonyl (C=O) groups is 1. The van der Waals surface area contributed by atoms with Crippen LogP contribution in [0.2, 0.25) is 0 Å². The summed E-state index contributed by atoms with van der Waals surface area (Å²) in [5.41, 5.74) is 3.93. The van der Waals surface area contributed by atoms with Crippen LogP contribution in [0.1, 0.15) is 51.3 Å². The van der Waals surface area contributed by atoms with Crippen molar-refractivity contribution in [2.45, 2.75) is 52.4 Å². The Labute approximate surface area is 207 Å². The van der Waals surface area contributed by atoms with Crippen LogP contribution < -0.4 is 10.1 Å². The van der Waals surface area contributed by atoms with Gasteiger partial charge in [0.2, 0.25) is 0 Å². The number of ether oxygens (including phenoxy) is 2. The second-order valence-electron chi connectivity index (χ2n) is 9.66. The topological polar surface area (TPSA) is 47.6 Å². The van der Waals surface area contributed by atoms with E-state index in [-0.39, 0.29) is 6.04 Å². The Hall–Kier alpha value is -3.79. The third-order valence-electron chi connectivity index (χ3n) is 5.84. The van der Waals surface area contributed by atoms with Gasteiger partial charge in [0, 0.05) is 5.39 Å². The number of fused-ring (bicyclic) bond motifs is 1. The number of hydrogen-bond donors (Lipinski definition) is 1. The molecule has 0 aromatic heterocycles. The lowest BCUT2D eigenvalue weighted by atomic mass is 9.95. The van der Waals surface area contributed by atoms with Gasteiger partial charge in [-0.05, 0) is 60.9 Å². The molecule has 0 spiro atoms. The number of nitrogens with one attached hydrogen (secondary N) is 1. The van der Waals surface area contributed by atoms with Gasteiger partial charge in [-0.3, -0.25) is 0 Å². The van der Waals surface area contributed by atoms with Gasteiger partial charge < -0.3 is 14.8 Å². The highest BCUT2D eigenvalue weighted by atomic mass is 16.6. The molecular weight excluding hydrogens is 434 g/mol. The van der Waals surface area contributed by atoms with Crippen LogP contribution in [-0.4, -0.2) is 11.7 Å². The number of alkyl carbamates (subject to hydrolysis) is 1. The van der Waals surface area contributed by atoms with E-state index < -0.39 is 11.7 Å². The Kier molecular flexibility index (Phi) is 7.40. The van der Waals surface area contributed by atoms with E-state index in [4.69, 9.17) is 9.47 Å². The molecule has 0 saturated carbocycles. The fourth-order valence-electron chi connectivity index (χ4n) is 4.15. The molecule has 0 fully saturated rings. The predicted molar refractivity (Wildman–Crippen MR) is 143 cm³/mol. The highest BCUT2D eigenvalue weighted by molar-refractivity contribution is 6.00. The summed E-state index contributed by atoms with van der Waals surface area (Å²) in [4.78, 5) is 12.3. The summed E-state index contributed by atoms with van der Waals surface area (Å²) >= 11 is 0. The predicted octanol–water partition coefficient (Wildman–Crippen LogP) is 8.06. The molecule has 4 aromatic rings. The van der Waals surface area contributed by atoms with E-state index >= 15 is 0 Å². The van der Waals surface area contributed by atoms with Crippen molar-refractivity contribution in [3.63, 3.8) is 0 Å². The van der Waals surface area contributed by atoms with Crippen LogP contribution in [0, 0.1) is 0 Å². The molecule has 0 saturated heterocycles. The molecule has 4 nitrogen and oxygen atoms in total. The third kappa shape index (κ3) is 6.21. The number of benzene rings is 4. The number of amides is 1. The van der Waals surface area contributed by atoms with Crippen LogP contribution >= 0.6 is 0 Å². The van der Waals surface area contributed by atoms with E-state index in [0.29, 0.717) is 6.61 Å². The maximum absolute atomic E-state index is 12.3. The second-order valence-corrected chi connectivity index (χ2v) is 9.66. The molecule has 0 aliphatic rings. The minimum Gasteiger partial charge on any atom is -0.488 e. The molecule has 1 amide bonds. The molecule has 0 heterocycles. The molecule has 1 N–H and O–H groups in total. The van der Waals surface area contributed by atoms with Crippen molar-refractivity contribution in [2.24, 2.45) is 0 Å². The van der Waals surface area contributed by atoms with Crippen molar-refractivity contribution < 1.29 is 14.3 Å². The second kappa shape index (κ2) is 10.6. The van der Waals surface area contributed by atoms with Gasteiger partial charge in [0.1, 0.15) is 18.0 Å². The van der Waals surface area contributed by atoms with Crippen LogP contribution in [0.4, 0.5) is 4.79 Å². The van der Waals surface area contributed by atoms with E-state index in [0.717, 1.165) is 45.2 Å². The van der Waals surface area contributed by atoms with Gasteiger partial charge in [-0.1, -0.05) is 91.9 Å². The SMILES string of the molecule is CCC(NC(=O)OC(C)(C)C)c1ccc(-c2ccc(OCc3ccccc3)c3ccccc23)cc1. The molecule has 0 radical (unpaired) electrons. The largest absolute Gasteiger partial charge is 0.488 e. The Morgan fingerprint density at radius 1 is 0.829 bits per heavy atom. The van der Waals surface area contributed by atoms with Crippen LogP contribution in [-0.2, 0) is 11.3 Å². The van der Waals surface area contributed by atoms with Gasteiger partial charge in [-0.25, -0.2) is 4.79 Å². The third-order valence-corrected chi connectivity index (χ3v) is 5.84.